The molecule has 0 aliphatic heterocycles. The predicted octanol–water partition coefficient (Wildman–Crippen LogP) is 5.65. The highest BCUT2D eigenvalue weighted by molar-refractivity contribution is 9.10. The molecule has 0 fully saturated rings. The minimum Gasteiger partial charge on any atom is -0.380 e. The molecule has 2 rings (SSSR count). The summed E-state index contributed by atoms with van der Waals surface area (Å²) in [6, 6.07) is 8.80. The minimum absolute atomic E-state index is 0.141. The van der Waals surface area contributed by atoms with E-state index in [1.54, 1.807) is 18.2 Å². The fourth-order valence-electron chi connectivity index (χ4n) is 1.73. The molecular formula is C14H10BrF4NS. The standard InChI is InChI=1S/C14H10BrF4NS/c15-9-5-6-10(16)8(13(9)17)7-20-11-3-1-2-4-12(11)21-14(18)19/h1-6,14,20H,7H2. The maximum Gasteiger partial charge on any atom is 0.288 e. The van der Waals surface area contributed by atoms with Crippen LogP contribution in [0.2, 0.25) is 0 Å². The molecular weight excluding hydrogens is 370 g/mol. The Kier molecular flexibility index (Phi) is 5.52. The summed E-state index contributed by atoms with van der Waals surface area (Å²) in [6.45, 7) is -0.141. The van der Waals surface area contributed by atoms with E-state index in [0.717, 1.165) is 6.07 Å². The van der Waals surface area contributed by atoms with E-state index in [2.05, 4.69) is 21.2 Å². The van der Waals surface area contributed by atoms with Gasteiger partial charge in [0.2, 0.25) is 0 Å². The van der Waals surface area contributed by atoms with Crippen molar-refractivity contribution in [3.8, 4) is 0 Å². The fourth-order valence-corrected chi connectivity index (χ4v) is 2.71. The van der Waals surface area contributed by atoms with Gasteiger partial charge in [-0.15, -0.1) is 0 Å². The number of anilines is 1. The third kappa shape index (κ3) is 4.14. The van der Waals surface area contributed by atoms with Crippen molar-refractivity contribution in [3.05, 3.63) is 58.1 Å². The Morgan fingerprint density at radius 2 is 1.81 bits per heavy atom. The third-order valence-corrected chi connectivity index (χ3v) is 4.10. The molecule has 2 aromatic carbocycles. The van der Waals surface area contributed by atoms with Crippen molar-refractivity contribution >= 4 is 33.4 Å². The SMILES string of the molecule is Fc1ccc(Br)c(F)c1CNc1ccccc1SC(F)F. The molecule has 21 heavy (non-hydrogen) atoms. The zero-order valence-corrected chi connectivity index (χ0v) is 12.9. The Morgan fingerprint density at radius 3 is 2.52 bits per heavy atom. The molecule has 0 atom stereocenters. The molecule has 0 saturated carbocycles. The topological polar surface area (TPSA) is 12.0 Å². The number of hydrogen-bond donors (Lipinski definition) is 1. The van der Waals surface area contributed by atoms with Gasteiger partial charge in [0.1, 0.15) is 11.6 Å². The van der Waals surface area contributed by atoms with Gasteiger partial charge < -0.3 is 5.32 Å². The summed E-state index contributed by atoms with van der Waals surface area (Å²) < 4.78 is 52.5. The van der Waals surface area contributed by atoms with Gasteiger partial charge in [0, 0.05) is 22.7 Å². The molecule has 0 amide bonds. The van der Waals surface area contributed by atoms with Crippen LogP contribution in [-0.2, 0) is 6.54 Å². The number of hydrogen-bond acceptors (Lipinski definition) is 2. The van der Waals surface area contributed by atoms with Gasteiger partial charge in [-0.05, 0) is 40.2 Å². The molecule has 2 aromatic rings. The van der Waals surface area contributed by atoms with Crippen LogP contribution in [0.1, 0.15) is 5.56 Å². The molecule has 0 radical (unpaired) electrons. The molecule has 0 aromatic heterocycles. The lowest BCUT2D eigenvalue weighted by Crippen LogP contribution is -2.06. The van der Waals surface area contributed by atoms with Gasteiger partial charge in [-0.1, -0.05) is 23.9 Å². The van der Waals surface area contributed by atoms with Crippen LogP contribution in [-0.4, -0.2) is 5.76 Å². The van der Waals surface area contributed by atoms with Crippen molar-refractivity contribution in [2.45, 2.75) is 17.2 Å². The van der Waals surface area contributed by atoms with Gasteiger partial charge >= 0.3 is 0 Å². The molecule has 112 valence electrons. The lowest BCUT2D eigenvalue weighted by Gasteiger charge is -2.12. The average Bonchev–Trinajstić information content (AvgIpc) is 2.44. The molecule has 0 saturated heterocycles. The summed E-state index contributed by atoms with van der Waals surface area (Å²) in [4.78, 5) is 0.323. The molecule has 0 spiro atoms. The highest BCUT2D eigenvalue weighted by atomic mass is 79.9. The van der Waals surface area contributed by atoms with Crippen LogP contribution >= 0.6 is 27.7 Å². The highest BCUT2D eigenvalue weighted by Gasteiger charge is 2.14. The monoisotopic (exact) mass is 379 g/mol. The molecule has 1 nitrogen and oxygen atoms in total. The number of thioether (sulfide) groups is 1. The van der Waals surface area contributed by atoms with Crippen molar-refractivity contribution in [2.24, 2.45) is 0 Å². The first-order valence-corrected chi connectivity index (χ1v) is 7.56. The van der Waals surface area contributed by atoms with Crippen LogP contribution in [0.3, 0.4) is 0 Å². The summed E-state index contributed by atoms with van der Waals surface area (Å²) in [7, 11) is 0. The first-order chi connectivity index (χ1) is 9.99. The molecule has 0 unspecified atom stereocenters. The summed E-state index contributed by atoms with van der Waals surface area (Å²) >= 11 is 3.36. The van der Waals surface area contributed by atoms with Gasteiger partial charge in [-0.3, -0.25) is 0 Å². The lowest BCUT2D eigenvalue weighted by molar-refractivity contribution is 0.252. The first kappa shape index (κ1) is 16.2. The van der Waals surface area contributed by atoms with E-state index >= 15 is 0 Å². The van der Waals surface area contributed by atoms with Gasteiger partial charge in [0.25, 0.3) is 5.76 Å². The van der Waals surface area contributed by atoms with Crippen molar-refractivity contribution in [1.82, 2.24) is 0 Å². The maximum atomic E-state index is 13.8. The van der Waals surface area contributed by atoms with Crippen molar-refractivity contribution < 1.29 is 17.6 Å². The second-order valence-corrected chi connectivity index (χ2v) is 5.94. The van der Waals surface area contributed by atoms with E-state index < -0.39 is 17.4 Å². The van der Waals surface area contributed by atoms with E-state index in [1.807, 2.05) is 0 Å². The van der Waals surface area contributed by atoms with Crippen molar-refractivity contribution in [3.63, 3.8) is 0 Å². The molecule has 0 bridgehead atoms. The highest BCUT2D eigenvalue weighted by Crippen LogP contribution is 2.32. The average molecular weight is 380 g/mol. The smallest absolute Gasteiger partial charge is 0.288 e. The summed E-state index contributed by atoms with van der Waals surface area (Å²) in [5, 5.41) is 2.79. The predicted molar refractivity (Wildman–Crippen MR) is 79.7 cm³/mol. The summed E-state index contributed by atoms with van der Waals surface area (Å²) in [5.41, 5.74) is 0.253. The first-order valence-electron chi connectivity index (χ1n) is 5.89. The van der Waals surface area contributed by atoms with E-state index in [1.165, 1.54) is 12.1 Å². The van der Waals surface area contributed by atoms with Gasteiger partial charge in [-0.25, -0.2) is 8.78 Å². The lowest BCUT2D eigenvalue weighted by atomic mass is 10.2. The Balaban J connectivity index is 2.19. The largest absolute Gasteiger partial charge is 0.380 e. The van der Waals surface area contributed by atoms with Gasteiger partial charge in [0.05, 0.1) is 4.47 Å². The normalized spacial score (nSPS) is 11.0. The van der Waals surface area contributed by atoms with Crippen LogP contribution in [0.15, 0.2) is 45.8 Å². The molecule has 0 aliphatic carbocycles. The quantitative estimate of drug-likeness (QED) is 0.409. The Bertz CT molecular complexity index is 636. The number of rotatable bonds is 5. The number of alkyl halides is 2. The zero-order chi connectivity index (χ0) is 15.4. The zero-order valence-electron chi connectivity index (χ0n) is 10.5. The second-order valence-electron chi connectivity index (χ2n) is 4.05. The number of benzene rings is 2. The van der Waals surface area contributed by atoms with Gasteiger partial charge in [-0.2, -0.15) is 8.78 Å². The minimum atomic E-state index is -2.56. The Labute approximate surface area is 131 Å². The van der Waals surface area contributed by atoms with E-state index in [-0.39, 0.29) is 16.6 Å². The number of halogens is 5. The van der Waals surface area contributed by atoms with Crippen LogP contribution in [0, 0.1) is 11.6 Å². The Morgan fingerprint density at radius 1 is 1.10 bits per heavy atom. The van der Waals surface area contributed by atoms with E-state index in [4.69, 9.17) is 0 Å². The number of para-hydroxylation sites is 1. The summed E-state index contributed by atoms with van der Waals surface area (Å²) in [5.74, 6) is -3.96. The maximum absolute atomic E-state index is 13.8. The molecule has 1 N–H and O–H groups in total. The van der Waals surface area contributed by atoms with Crippen molar-refractivity contribution in [2.75, 3.05) is 5.32 Å². The number of nitrogens with one attached hydrogen (secondary N) is 1. The summed E-state index contributed by atoms with van der Waals surface area (Å²) in [6.07, 6.45) is 0. The van der Waals surface area contributed by atoms with Crippen LogP contribution < -0.4 is 5.32 Å². The third-order valence-electron chi connectivity index (χ3n) is 2.70. The molecule has 0 heterocycles. The molecule has 0 aliphatic rings. The van der Waals surface area contributed by atoms with E-state index in [9.17, 15) is 17.6 Å². The molecule has 7 heteroatoms. The van der Waals surface area contributed by atoms with Crippen molar-refractivity contribution in [1.29, 1.82) is 0 Å². The van der Waals surface area contributed by atoms with Gasteiger partial charge in [0.15, 0.2) is 0 Å². The Hall–Kier alpha value is -1.21. The van der Waals surface area contributed by atoms with Crippen LogP contribution in [0.5, 0.6) is 0 Å². The second kappa shape index (κ2) is 7.17. The van der Waals surface area contributed by atoms with Crippen LogP contribution in [0.4, 0.5) is 23.2 Å². The fraction of sp³-hybridized carbons (Fsp3) is 0.143. The van der Waals surface area contributed by atoms with E-state index in [0.29, 0.717) is 22.3 Å². The van der Waals surface area contributed by atoms with Crippen LogP contribution in [0.25, 0.3) is 0 Å².